The smallest absolute Gasteiger partial charge is 0.329 e. The van der Waals surface area contributed by atoms with Gasteiger partial charge in [0.25, 0.3) is 11.8 Å². The van der Waals surface area contributed by atoms with E-state index in [1.54, 1.807) is 24.3 Å². The molecule has 2 aromatic rings. The van der Waals surface area contributed by atoms with Gasteiger partial charge in [0.2, 0.25) is 0 Å². The van der Waals surface area contributed by atoms with Crippen LogP contribution in [-0.2, 0) is 9.53 Å². The number of rotatable bonds is 8. The molecule has 0 spiro atoms. The number of imide groups is 1. The molecule has 162 valence electrons. The number of Topliss-reactive ketones (excluding diaryl/α,β-unsaturated/α-hetero) is 1. The lowest BCUT2D eigenvalue weighted by molar-refractivity contribution is -0.147. The van der Waals surface area contributed by atoms with Gasteiger partial charge in [0.1, 0.15) is 6.04 Å². The zero-order valence-corrected chi connectivity index (χ0v) is 18.6. The Morgan fingerprint density at radius 2 is 1.55 bits per heavy atom. The number of unbranched alkanes of at least 4 members (excludes halogenated alkanes) is 1. The first-order valence-corrected chi connectivity index (χ1v) is 10.6. The summed E-state index contributed by atoms with van der Waals surface area (Å²) in [5.41, 5.74) is 1.58. The molecule has 1 atom stereocenters. The van der Waals surface area contributed by atoms with E-state index in [1.165, 1.54) is 12.1 Å². The average Bonchev–Trinajstić information content (AvgIpc) is 2.97. The number of fused-ring (bicyclic) bond motifs is 1. The molecule has 8 heteroatoms. The molecule has 3 rings (SSSR count). The number of benzene rings is 2. The first kappa shape index (κ1) is 23.0. The zero-order chi connectivity index (χ0) is 22.7. The van der Waals surface area contributed by atoms with Crippen molar-refractivity contribution in [3.63, 3.8) is 0 Å². The molecule has 0 saturated heterocycles. The molecule has 0 N–H and O–H groups in total. The minimum atomic E-state index is -1.14. The number of carbonyl (C=O) groups is 4. The van der Waals surface area contributed by atoms with Crippen LogP contribution in [0.4, 0.5) is 0 Å². The zero-order valence-electron chi connectivity index (χ0n) is 17.1. The fraction of sp³-hybridized carbons (Fsp3) is 0.304. The minimum absolute atomic E-state index is 0.0874. The van der Waals surface area contributed by atoms with E-state index in [2.05, 4.69) is 0 Å². The van der Waals surface area contributed by atoms with Gasteiger partial charge in [-0.05, 0) is 25.5 Å². The molecular formula is C23H21Cl2NO5. The number of carbonyl (C=O) groups excluding carboxylic acids is 4. The second-order valence-electron chi connectivity index (χ2n) is 7.35. The fourth-order valence-corrected chi connectivity index (χ4v) is 3.67. The second kappa shape index (κ2) is 9.62. The van der Waals surface area contributed by atoms with Crippen LogP contribution in [0.5, 0.6) is 0 Å². The Balaban J connectivity index is 1.79. The summed E-state index contributed by atoms with van der Waals surface area (Å²) >= 11 is 12.0. The van der Waals surface area contributed by atoms with Crippen LogP contribution in [-0.4, -0.2) is 41.1 Å². The minimum Gasteiger partial charge on any atom is -0.456 e. The molecule has 0 saturated carbocycles. The summed E-state index contributed by atoms with van der Waals surface area (Å²) in [5.74, 6) is -2.45. The summed E-state index contributed by atoms with van der Waals surface area (Å²) in [7, 11) is 0. The van der Waals surface area contributed by atoms with E-state index in [-0.39, 0.29) is 33.4 Å². The Morgan fingerprint density at radius 3 is 2.06 bits per heavy atom. The molecule has 0 fully saturated rings. The summed E-state index contributed by atoms with van der Waals surface area (Å²) < 4.78 is 5.22. The van der Waals surface area contributed by atoms with Crippen molar-refractivity contribution >= 4 is 46.8 Å². The molecule has 6 nitrogen and oxygen atoms in total. The van der Waals surface area contributed by atoms with Crippen LogP contribution < -0.4 is 0 Å². The van der Waals surface area contributed by atoms with Crippen LogP contribution >= 0.6 is 23.2 Å². The van der Waals surface area contributed by atoms with Crippen molar-refractivity contribution < 1.29 is 23.9 Å². The van der Waals surface area contributed by atoms with Crippen LogP contribution in [0.15, 0.2) is 36.4 Å². The molecule has 1 aliphatic rings. The first-order chi connectivity index (χ1) is 14.7. The maximum atomic E-state index is 12.9. The number of hydrogen-bond acceptors (Lipinski definition) is 5. The Labute approximate surface area is 190 Å². The molecule has 2 aromatic carbocycles. The SMILES string of the molecule is CCCC[C@H](C(=O)OCC(=O)c1ccc(C)cc1)N1C(=O)c2cc(Cl)c(Cl)cc2C1=O. The number of hydrogen-bond donors (Lipinski definition) is 0. The van der Waals surface area contributed by atoms with E-state index in [0.29, 0.717) is 12.0 Å². The highest BCUT2D eigenvalue weighted by molar-refractivity contribution is 6.43. The van der Waals surface area contributed by atoms with Crippen molar-refractivity contribution in [3.05, 3.63) is 68.7 Å². The average molecular weight is 462 g/mol. The summed E-state index contributed by atoms with van der Waals surface area (Å²) in [6.07, 6.45) is 1.55. The molecule has 0 aromatic heterocycles. The standard InChI is InChI=1S/C23H21Cl2NO5/c1-3-4-5-19(23(30)31-12-20(27)14-8-6-13(2)7-9-14)26-21(28)15-10-17(24)18(25)11-16(15)22(26)29/h6-11,19H,3-5,12H2,1-2H3/t19-/m1/s1. The Bertz CT molecular complexity index is 1010. The van der Waals surface area contributed by atoms with Gasteiger partial charge in [-0.1, -0.05) is 72.8 Å². The monoisotopic (exact) mass is 461 g/mol. The van der Waals surface area contributed by atoms with E-state index >= 15 is 0 Å². The molecule has 0 radical (unpaired) electrons. The van der Waals surface area contributed by atoms with Crippen molar-refractivity contribution in [2.45, 2.75) is 39.2 Å². The highest BCUT2D eigenvalue weighted by Crippen LogP contribution is 2.33. The normalized spacial score (nSPS) is 13.9. The van der Waals surface area contributed by atoms with Gasteiger partial charge in [0.05, 0.1) is 21.2 Å². The Hall–Kier alpha value is -2.70. The third kappa shape index (κ3) is 4.81. The van der Waals surface area contributed by atoms with Gasteiger partial charge in [0, 0.05) is 5.56 Å². The fourth-order valence-electron chi connectivity index (χ4n) is 3.34. The number of halogens is 2. The van der Waals surface area contributed by atoms with Crippen LogP contribution in [0.3, 0.4) is 0 Å². The second-order valence-corrected chi connectivity index (χ2v) is 8.16. The molecule has 2 amide bonds. The molecule has 1 aliphatic heterocycles. The highest BCUT2D eigenvalue weighted by Gasteiger charge is 2.43. The van der Waals surface area contributed by atoms with E-state index in [9.17, 15) is 19.2 Å². The van der Waals surface area contributed by atoms with Crippen LogP contribution in [0.25, 0.3) is 0 Å². The maximum Gasteiger partial charge on any atom is 0.329 e. The molecule has 0 unspecified atom stereocenters. The van der Waals surface area contributed by atoms with E-state index in [0.717, 1.165) is 16.9 Å². The van der Waals surface area contributed by atoms with Gasteiger partial charge in [-0.3, -0.25) is 19.3 Å². The summed E-state index contributed by atoms with van der Waals surface area (Å²) in [4.78, 5) is 51.9. The van der Waals surface area contributed by atoms with Crippen LogP contribution in [0.1, 0.15) is 62.8 Å². The van der Waals surface area contributed by atoms with Crippen molar-refractivity contribution in [2.24, 2.45) is 0 Å². The number of ether oxygens (including phenoxy) is 1. The van der Waals surface area contributed by atoms with Crippen molar-refractivity contribution in [1.82, 2.24) is 4.90 Å². The topological polar surface area (TPSA) is 80.8 Å². The van der Waals surface area contributed by atoms with E-state index in [1.807, 2.05) is 13.8 Å². The molecule has 1 heterocycles. The number of ketones is 1. The number of aryl methyl sites for hydroxylation is 1. The third-order valence-corrected chi connectivity index (χ3v) is 5.81. The lowest BCUT2D eigenvalue weighted by Crippen LogP contribution is -2.46. The van der Waals surface area contributed by atoms with Crippen molar-refractivity contribution in [2.75, 3.05) is 6.61 Å². The van der Waals surface area contributed by atoms with Crippen molar-refractivity contribution in [3.8, 4) is 0 Å². The van der Waals surface area contributed by atoms with Gasteiger partial charge in [-0.25, -0.2) is 4.79 Å². The molecule has 31 heavy (non-hydrogen) atoms. The Morgan fingerprint density at radius 1 is 1.00 bits per heavy atom. The predicted octanol–water partition coefficient (Wildman–Crippen LogP) is 4.88. The first-order valence-electron chi connectivity index (χ1n) is 9.88. The van der Waals surface area contributed by atoms with Crippen LogP contribution in [0, 0.1) is 6.92 Å². The highest BCUT2D eigenvalue weighted by atomic mass is 35.5. The molecular weight excluding hydrogens is 441 g/mol. The number of nitrogens with zero attached hydrogens (tertiary/aromatic N) is 1. The van der Waals surface area contributed by atoms with Crippen LogP contribution in [0.2, 0.25) is 10.0 Å². The summed E-state index contributed by atoms with van der Waals surface area (Å²) in [6.45, 7) is 3.34. The summed E-state index contributed by atoms with van der Waals surface area (Å²) in [5, 5.41) is 0.277. The number of esters is 1. The van der Waals surface area contributed by atoms with Crippen molar-refractivity contribution in [1.29, 1.82) is 0 Å². The van der Waals surface area contributed by atoms with Gasteiger partial charge in [0.15, 0.2) is 12.4 Å². The lowest BCUT2D eigenvalue weighted by atomic mass is 10.1. The molecule has 0 aliphatic carbocycles. The largest absolute Gasteiger partial charge is 0.456 e. The quantitative estimate of drug-likeness (QED) is 0.317. The Kier molecular flexibility index (Phi) is 7.13. The van der Waals surface area contributed by atoms with Gasteiger partial charge < -0.3 is 4.74 Å². The van der Waals surface area contributed by atoms with Gasteiger partial charge in [-0.2, -0.15) is 0 Å². The maximum absolute atomic E-state index is 12.9. The number of amides is 2. The molecule has 0 bridgehead atoms. The summed E-state index contributed by atoms with van der Waals surface area (Å²) in [6, 6.07) is 8.37. The predicted molar refractivity (Wildman–Crippen MR) is 117 cm³/mol. The van der Waals surface area contributed by atoms with Gasteiger partial charge >= 0.3 is 5.97 Å². The van der Waals surface area contributed by atoms with E-state index < -0.39 is 30.4 Å². The lowest BCUT2D eigenvalue weighted by Gasteiger charge is -2.24. The third-order valence-electron chi connectivity index (χ3n) is 5.09. The van der Waals surface area contributed by atoms with Gasteiger partial charge in [-0.15, -0.1) is 0 Å². The van der Waals surface area contributed by atoms with E-state index in [4.69, 9.17) is 27.9 Å².